The van der Waals surface area contributed by atoms with E-state index in [0.717, 1.165) is 6.07 Å². The number of nitrogens with zero attached hydrogens (tertiary/aromatic N) is 1. The first-order chi connectivity index (χ1) is 21.2. The van der Waals surface area contributed by atoms with Gasteiger partial charge in [0.1, 0.15) is 17.2 Å². The van der Waals surface area contributed by atoms with Crippen molar-refractivity contribution >= 4 is 57.6 Å². The van der Waals surface area contributed by atoms with Crippen molar-refractivity contribution in [2.75, 3.05) is 12.4 Å². The summed E-state index contributed by atoms with van der Waals surface area (Å²) >= 11 is 12.4. The number of aromatic nitrogens is 1. The molecule has 0 radical (unpaired) electrons. The highest BCUT2D eigenvalue weighted by Crippen LogP contribution is 2.53. The van der Waals surface area contributed by atoms with Crippen LogP contribution in [0.5, 0.6) is 0 Å². The topological polar surface area (TPSA) is 117 Å². The maximum Gasteiger partial charge on any atom is 0.394 e. The zero-order valence-corrected chi connectivity index (χ0v) is 26.7. The number of anilines is 1. The maximum absolute atomic E-state index is 16.0. The number of halogens is 4. The molecule has 0 aliphatic carbocycles. The van der Waals surface area contributed by atoms with E-state index in [2.05, 4.69) is 20.4 Å². The van der Waals surface area contributed by atoms with Crippen LogP contribution in [0.15, 0.2) is 59.0 Å². The van der Waals surface area contributed by atoms with E-state index in [1.165, 1.54) is 43.5 Å². The van der Waals surface area contributed by atoms with Crippen LogP contribution < -0.4 is 10.6 Å². The van der Waals surface area contributed by atoms with Gasteiger partial charge in [-0.05, 0) is 60.7 Å². The summed E-state index contributed by atoms with van der Waals surface area (Å²) in [5.41, 5.74) is -0.762. The van der Waals surface area contributed by atoms with E-state index in [4.69, 9.17) is 27.6 Å². The summed E-state index contributed by atoms with van der Waals surface area (Å²) in [5, 5.41) is 15.4. The molecule has 4 aromatic rings. The molecule has 1 aromatic heterocycles. The van der Waals surface area contributed by atoms with Crippen LogP contribution in [0.3, 0.4) is 0 Å². The Bertz CT molecular complexity index is 1820. The van der Waals surface area contributed by atoms with Crippen LogP contribution in [-0.4, -0.2) is 41.8 Å². The van der Waals surface area contributed by atoms with E-state index >= 15 is 8.78 Å². The van der Waals surface area contributed by atoms with E-state index in [1.807, 2.05) is 20.8 Å². The monoisotopic (exact) mass is 656 g/mol. The molecule has 2 heterocycles. The standard InChI is InChI=1S/C33H32Cl2F2N4O4/c1-16(38)33(20-11-9-17(34)13-22(20)36)25(15-32(2,3)4)41-28(26(33)19-7-6-8-21(35)27(19)37)29(42)39-18-10-12-24-23(14-18)40-30(45-24)31(43)44-5/h6-14,25-26,28,38,41H,15H2,1-5H3,(H,39,42)/t25-,26-,28+,33-/m0/s1. The molecule has 3 N–H and O–H groups in total. The Balaban J connectivity index is 1.68. The SMILES string of the molecule is COC(=O)c1nc2cc(NC(=O)[C@@H]3N[C@@H](CC(C)(C)C)[C@](C(C)=N)(c4ccc(Cl)cc4F)[C@H]3c3cccc(Cl)c3F)ccc2o1. The van der Waals surface area contributed by atoms with Crippen LogP contribution in [0.25, 0.3) is 11.1 Å². The Morgan fingerprint density at radius 2 is 1.87 bits per heavy atom. The van der Waals surface area contributed by atoms with E-state index in [-0.39, 0.29) is 38.2 Å². The molecular formula is C33H32Cl2F2N4O4. The molecule has 1 fully saturated rings. The van der Waals surface area contributed by atoms with Crippen molar-refractivity contribution in [3.63, 3.8) is 0 Å². The zero-order valence-electron chi connectivity index (χ0n) is 25.2. The fraction of sp³-hybridized carbons (Fsp3) is 0.333. The second-order valence-electron chi connectivity index (χ2n) is 12.4. The molecule has 236 valence electrons. The minimum Gasteiger partial charge on any atom is -0.462 e. The summed E-state index contributed by atoms with van der Waals surface area (Å²) in [7, 11) is 1.20. The summed E-state index contributed by atoms with van der Waals surface area (Å²) < 4.78 is 42.1. The summed E-state index contributed by atoms with van der Waals surface area (Å²) in [4.78, 5) is 30.3. The number of hydrogen-bond acceptors (Lipinski definition) is 7. The molecule has 5 rings (SSSR count). The molecule has 1 aliphatic rings. The lowest BCUT2D eigenvalue weighted by molar-refractivity contribution is -0.118. The van der Waals surface area contributed by atoms with E-state index in [9.17, 15) is 15.0 Å². The number of methoxy groups -OCH3 is 1. The summed E-state index contributed by atoms with van der Waals surface area (Å²) in [5.74, 6) is -4.12. The minimum atomic E-state index is -1.53. The van der Waals surface area contributed by atoms with Gasteiger partial charge in [0.25, 0.3) is 0 Å². The van der Waals surface area contributed by atoms with Gasteiger partial charge in [0.15, 0.2) is 5.58 Å². The number of nitrogens with one attached hydrogen (secondary N) is 3. The van der Waals surface area contributed by atoms with Gasteiger partial charge in [-0.3, -0.25) is 4.79 Å². The van der Waals surface area contributed by atoms with Gasteiger partial charge in [-0.1, -0.05) is 62.2 Å². The fourth-order valence-electron chi connectivity index (χ4n) is 6.45. The largest absolute Gasteiger partial charge is 0.462 e. The second-order valence-corrected chi connectivity index (χ2v) is 13.2. The van der Waals surface area contributed by atoms with Gasteiger partial charge in [-0.2, -0.15) is 0 Å². The highest BCUT2D eigenvalue weighted by atomic mass is 35.5. The number of fused-ring (bicyclic) bond motifs is 1. The highest BCUT2D eigenvalue weighted by Gasteiger charge is 2.61. The van der Waals surface area contributed by atoms with Crippen LogP contribution in [-0.2, 0) is 14.9 Å². The van der Waals surface area contributed by atoms with Gasteiger partial charge < -0.3 is 25.2 Å². The van der Waals surface area contributed by atoms with Gasteiger partial charge in [0.2, 0.25) is 5.91 Å². The quantitative estimate of drug-likeness (QED) is 0.139. The smallest absolute Gasteiger partial charge is 0.394 e. The molecule has 45 heavy (non-hydrogen) atoms. The summed E-state index contributed by atoms with van der Waals surface area (Å²) in [6, 6.07) is 11.4. The van der Waals surface area contributed by atoms with E-state index in [1.54, 1.807) is 19.1 Å². The molecule has 4 atom stereocenters. The van der Waals surface area contributed by atoms with Gasteiger partial charge in [-0.15, -0.1) is 0 Å². The predicted molar refractivity (Wildman–Crippen MR) is 169 cm³/mol. The number of oxazole rings is 1. The number of ether oxygens (including phenoxy) is 1. The van der Waals surface area contributed by atoms with Gasteiger partial charge in [-0.25, -0.2) is 18.6 Å². The first kappa shape index (κ1) is 32.5. The lowest BCUT2D eigenvalue weighted by Gasteiger charge is -2.42. The maximum atomic E-state index is 16.0. The van der Waals surface area contributed by atoms with Crippen LogP contribution in [0, 0.1) is 22.5 Å². The zero-order chi connectivity index (χ0) is 32.8. The Labute approximate surface area is 269 Å². The molecular weight excluding hydrogens is 625 g/mol. The van der Waals surface area contributed by atoms with Crippen LogP contribution in [0.1, 0.15) is 61.8 Å². The molecule has 3 aromatic carbocycles. The highest BCUT2D eigenvalue weighted by molar-refractivity contribution is 6.31. The number of rotatable bonds is 7. The summed E-state index contributed by atoms with van der Waals surface area (Å²) in [6.07, 6.45) is 0.398. The Kier molecular flexibility index (Phi) is 8.78. The van der Waals surface area contributed by atoms with Crippen molar-refractivity contribution in [1.29, 1.82) is 5.41 Å². The number of esters is 1. The minimum absolute atomic E-state index is 0.0319. The third-order valence-corrected chi connectivity index (χ3v) is 8.71. The van der Waals surface area contributed by atoms with Crippen LogP contribution in [0.4, 0.5) is 14.5 Å². The molecule has 1 amide bonds. The Morgan fingerprint density at radius 3 is 2.51 bits per heavy atom. The molecule has 8 nitrogen and oxygen atoms in total. The van der Waals surface area contributed by atoms with Crippen molar-refractivity contribution < 1.29 is 27.5 Å². The molecule has 0 unspecified atom stereocenters. The molecule has 1 saturated heterocycles. The molecule has 0 bridgehead atoms. The van der Waals surface area contributed by atoms with Crippen molar-refractivity contribution in [2.45, 2.75) is 57.5 Å². The number of benzene rings is 3. The third-order valence-electron chi connectivity index (χ3n) is 8.18. The van der Waals surface area contributed by atoms with Gasteiger partial charge in [0, 0.05) is 33.9 Å². The predicted octanol–water partition coefficient (Wildman–Crippen LogP) is 7.68. The van der Waals surface area contributed by atoms with Crippen molar-refractivity contribution in [1.82, 2.24) is 10.3 Å². The molecule has 0 spiro atoms. The lowest BCUT2D eigenvalue weighted by Crippen LogP contribution is -2.50. The number of hydrogen-bond donors (Lipinski definition) is 3. The average Bonchev–Trinajstić information content (AvgIpc) is 3.53. The van der Waals surface area contributed by atoms with Crippen LogP contribution in [0.2, 0.25) is 10.0 Å². The first-order valence-corrected chi connectivity index (χ1v) is 14.9. The second kappa shape index (κ2) is 12.2. The van der Waals surface area contributed by atoms with Gasteiger partial charge >= 0.3 is 11.9 Å². The molecule has 1 aliphatic heterocycles. The number of carbonyl (C=O) groups is 2. The molecule has 12 heteroatoms. The Hall–Kier alpha value is -3.86. The van der Waals surface area contributed by atoms with Crippen LogP contribution >= 0.6 is 23.2 Å². The molecule has 0 saturated carbocycles. The van der Waals surface area contributed by atoms with Gasteiger partial charge in [0.05, 0.1) is 23.6 Å². The normalized spacial score (nSPS) is 21.6. The van der Waals surface area contributed by atoms with Crippen molar-refractivity contribution in [3.8, 4) is 0 Å². The number of carbonyl (C=O) groups excluding carboxylic acids is 2. The average molecular weight is 658 g/mol. The lowest BCUT2D eigenvalue weighted by atomic mass is 9.59. The third kappa shape index (κ3) is 5.94. The van der Waals surface area contributed by atoms with E-state index < -0.39 is 46.9 Å². The summed E-state index contributed by atoms with van der Waals surface area (Å²) in [6.45, 7) is 7.53. The van der Waals surface area contributed by atoms with Crippen molar-refractivity contribution in [3.05, 3.63) is 93.3 Å². The first-order valence-electron chi connectivity index (χ1n) is 14.2. The van der Waals surface area contributed by atoms with Crippen molar-refractivity contribution in [2.24, 2.45) is 5.41 Å². The van der Waals surface area contributed by atoms with E-state index in [0.29, 0.717) is 23.2 Å². The fourth-order valence-corrected chi connectivity index (χ4v) is 6.79. The number of amides is 1. The Morgan fingerprint density at radius 1 is 1.13 bits per heavy atom.